The van der Waals surface area contributed by atoms with Gasteiger partial charge < -0.3 is 10.1 Å². The van der Waals surface area contributed by atoms with Crippen molar-refractivity contribution in [2.75, 3.05) is 0 Å². The summed E-state index contributed by atoms with van der Waals surface area (Å²) in [7, 11) is 0. The summed E-state index contributed by atoms with van der Waals surface area (Å²) >= 11 is 7.16. The lowest BCUT2D eigenvalue weighted by Crippen LogP contribution is -2.40. The van der Waals surface area contributed by atoms with Crippen molar-refractivity contribution in [1.82, 2.24) is 10.3 Å². The summed E-state index contributed by atoms with van der Waals surface area (Å²) in [5.74, 6) is -0.764. The lowest BCUT2D eigenvalue weighted by Gasteiger charge is -2.16. The molecule has 0 aliphatic heterocycles. The van der Waals surface area contributed by atoms with Crippen LogP contribution >= 0.6 is 22.9 Å². The Morgan fingerprint density at radius 3 is 2.58 bits per heavy atom. The van der Waals surface area contributed by atoms with E-state index in [1.165, 1.54) is 11.3 Å². The van der Waals surface area contributed by atoms with Crippen molar-refractivity contribution >= 4 is 34.8 Å². The highest BCUT2D eigenvalue weighted by atomic mass is 35.5. The van der Waals surface area contributed by atoms with Gasteiger partial charge in [0, 0.05) is 16.6 Å². The maximum absolute atomic E-state index is 12.5. The van der Waals surface area contributed by atoms with Gasteiger partial charge in [0.05, 0.1) is 5.69 Å². The zero-order chi connectivity index (χ0) is 18.7. The number of aromatic nitrogens is 1. The number of thiazole rings is 1. The summed E-state index contributed by atoms with van der Waals surface area (Å²) in [5, 5.41) is 4.30. The summed E-state index contributed by atoms with van der Waals surface area (Å²) in [4.78, 5) is 29.5. The van der Waals surface area contributed by atoms with E-state index in [4.69, 9.17) is 16.3 Å². The van der Waals surface area contributed by atoms with E-state index in [1.54, 1.807) is 26.0 Å². The molecule has 138 valence electrons. The van der Waals surface area contributed by atoms with Crippen molar-refractivity contribution in [3.05, 3.63) is 39.9 Å². The molecule has 1 aromatic carbocycles. The lowest BCUT2D eigenvalue weighted by atomic mass is 10.2. The number of nitrogens with zero attached hydrogens (tertiary/aromatic N) is 1. The van der Waals surface area contributed by atoms with Crippen LogP contribution in [-0.2, 0) is 9.53 Å². The van der Waals surface area contributed by atoms with Crippen LogP contribution in [0.3, 0.4) is 0 Å². The fourth-order valence-corrected chi connectivity index (χ4v) is 4.04. The van der Waals surface area contributed by atoms with Crippen LogP contribution in [0.2, 0.25) is 5.02 Å². The maximum atomic E-state index is 12.5. The van der Waals surface area contributed by atoms with E-state index in [0.29, 0.717) is 20.6 Å². The number of nitrogens with one attached hydrogen (secondary N) is 1. The molecule has 1 fully saturated rings. The fourth-order valence-electron chi connectivity index (χ4n) is 2.96. The second kappa shape index (κ2) is 8.18. The molecule has 0 bridgehead atoms. The Morgan fingerprint density at radius 1 is 1.27 bits per heavy atom. The van der Waals surface area contributed by atoms with Gasteiger partial charge in [0.1, 0.15) is 9.88 Å². The Morgan fingerprint density at radius 2 is 1.92 bits per heavy atom. The molecule has 1 N–H and O–H groups in total. The highest BCUT2D eigenvalue weighted by Crippen LogP contribution is 2.29. The molecule has 1 heterocycles. The summed E-state index contributed by atoms with van der Waals surface area (Å²) < 4.78 is 5.36. The number of hydrogen-bond donors (Lipinski definition) is 1. The van der Waals surface area contributed by atoms with Crippen molar-refractivity contribution < 1.29 is 14.3 Å². The number of hydrogen-bond acceptors (Lipinski definition) is 5. The van der Waals surface area contributed by atoms with Gasteiger partial charge in [0.15, 0.2) is 6.10 Å². The van der Waals surface area contributed by atoms with Gasteiger partial charge in [-0.1, -0.05) is 36.6 Å². The quantitative estimate of drug-likeness (QED) is 0.767. The Kier molecular flexibility index (Phi) is 5.94. The predicted octanol–water partition coefficient (Wildman–Crippen LogP) is 4.38. The van der Waals surface area contributed by atoms with Crippen LogP contribution in [0, 0.1) is 6.92 Å². The monoisotopic (exact) mass is 392 g/mol. The number of benzene rings is 1. The third-order valence-electron chi connectivity index (χ3n) is 4.43. The standard InChI is InChI=1S/C19H21ClN2O3S/c1-11-16(26-18(21-11)13-7-9-14(20)10-8-13)19(24)25-12(2)17(23)22-15-5-3-4-6-15/h7-10,12,15H,3-6H2,1-2H3,(H,22,23). The van der Waals surface area contributed by atoms with Gasteiger partial charge in [-0.25, -0.2) is 9.78 Å². The molecule has 1 saturated carbocycles. The van der Waals surface area contributed by atoms with Gasteiger partial charge in [-0.15, -0.1) is 11.3 Å². The Hall–Kier alpha value is -1.92. The minimum Gasteiger partial charge on any atom is -0.448 e. The minimum atomic E-state index is -0.830. The van der Waals surface area contributed by atoms with Gasteiger partial charge >= 0.3 is 5.97 Å². The normalized spacial score (nSPS) is 15.7. The first-order valence-electron chi connectivity index (χ1n) is 8.69. The summed E-state index contributed by atoms with van der Waals surface area (Å²) in [6, 6.07) is 7.47. The first-order valence-corrected chi connectivity index (χ1v) is 9.88. The minimum absolute atomic E-state index is 0.199. The first kappa shape index (κ1) is 18.9. The number of carbonyl (C=O) groups excluding carboxylic acids is 2. The van der Waals surface area contributed by atoms with E-state index >= 15 is 0 Å². The molecule has 0 radical (unpaired) electrons. The van der Waals surface area contributed by atoms with Gasteiger partial charge in [-0.05, 0) is 38.8 Å². The van der Waals surface area contributed by atoms with E-state index in [2.05, 4.69) is 10.3 Å². The first-order chi connectivity index (χ1) is 12.4. The topological polar surface area (TPSA) is 68.3 Å². The van der Waals surface area contributed by atoms with Crippen molar-refractivity contribution in [3.8, 4) is 10.6 Å². The molecule has 2 aromatic rings. The predicted molar refractivity (Wildman–Crippen MR) is 103 cm³/mol. The second-order valence-corrected chi connectivity index (χ2v) is 7.91. The third-order valence-corrected chi connectivity index (χ3v) is 5.87. The third kappa shape index (κ3) is 4.43. The highest BCUT2D eigenvalue weighted by molar-refractivity contribution is 7.17. The van der Waals surface area contributed by atoms with Crippen LogP contribution in [0.5, 0.6) is 0 Å². The number of aryl methyl sites for hydroxylation is 1. The molecule has 1 unspecified atom stereocenters. The molecule has 1 aliphatic rings. The Balaban J connectivity index is 1.65. The maximum Gasteiger partial charge on any atom is 0.351 e. The molecule has 1 aromatic heterocycles. The van der Waals surface area contributed by atoms with Crippen molar-refractivity contribution in [3.63, 3.8) is 0 Å². The van der Waals surface area contributed by atoms with E-state index < -0.39 is 12.1 Å². The highest BCUT2D eigenvalue weighted by Gasteiger charge is 2.25. The van der Waals surface area contributed by atoms with Crippen LogP contribution < -0.4 is 5.32 Å². The number of amides is 1. The summed E-state index contributed by atoms with van der Waals surface area (Å²) in [5.41, 5.74) is 1.47. The Bertz CT molecular complexity index is 798. The molecule has 7 heteroatoms. The molecule has 26 heavy (non-hydrogen) atoms. The fraction of sp³-hybridized carbons (Fsp3) is 0.421. The lowest BCUT2D eigenvalue weighted by molar-refractivity contribution is -0.129. The molecule has 0 spiro atoms. The molecular weight excluding hydrogens is 372 g/mol. The van der Waals surface area contributed by atoms with Gasteiger partial charge in [0.25, 0.3) is 5.91 Å². The molecule has 1 aliphatic carbocycles. The molecular formula is C19H21ClN2O3S. The number of carbonyl (C=O) groups is 2. The van der Waals surface area contributed by atoms with Gasteiger partial charge in [-0.3, -0.25) is 4.79 Å². The van der Waals surface area contributed by atoms with E-state index in [0.717, 1.165) is 31.2 Å². The Labute approximate surface area is 161 Å². The average Bonchev–Trinajstić information content (AvgIpc) is 3.25. The number of halogens is 1. The number of rotatable bonds is 5. The van der Waals surface area contributed by atoms with Crippen LogP contribution in [0.4, 0.5) is 0 Å². The van der Waals surface area contributed by atoms with Crippen molar-refractivity contribution in [2.45, 2.75) is 51.7 Å². The van der Waals surface area contributed by atoms with Crippen LogP contribution in [0.1, 0.15) is 48.0 Å². The summed E-state index contributed by atoms with van der Waals surface area (Å²) in [6.07, 6.45) is 3.41. The van der Waals surface area contributed by atoms with E-state index in [9.17, 15) is 9.59 Å². The van der Waals surface area contributed by atoms with E-state index in [1.807, 2.05) is 12.1 Å². The number of ether oxygens (including phenoxy) is 1. The average molecular weight is 393 g/mol. The zero-order valence-electron chi connectivity index (χ0n) is 14.8. The molecule has 3 rings (SSSR count). The SMILES string of the molecule is Cc1nc(-c2ccc(Cl)cc2)sc1C(=O)OC(C)C(=O)NC1CCCC1. The molecule has 0 saturated heterocycles. The number of esters is 1. The van der Waals surface area contributed by atoms with E-state index in [-0.39, 0.29) is 11.9 Å². The van der Waals surface area contributed by atoms with Crippen LogP contribution in [-0.4, -0.2) is 29.0 Å². The second-order valence-electron chi connectivity index (χ2n) is 6.48. The zero-order valence-corrected chi connectivity index (χ0v) is 16.3. The van der Waals surface area contributed by atoms with Crippen LogP contribution in [0.25, 0.3) is 10.6 Å². The largest absolute Gasteiger partial charge is 0.448 e. The van der Waals surface area contributed by atoms with Gasteiger partial charge in [0.2, 0.25) is 0 Å². The molecule has 1 atom stereocenters. The molecule has 5 nitrogen and oxygen atoms in total. The van der Waals surface area contributed by atoms with Crippen molar-refractivity contribution in [1.29, 1.82) is 0 Å². The van der Waals surface area contributed by atoms with Gasteiger partial charge in [-0.2, -0.15) is 0 Å². The smallest absolute Gasteiger partial charge is 0.351 e. The molecule has 1 amide bonds. The van der Waals surface area contributed by atoms with Crippen molar-refractivity contribution in [2.24, 2.45) is 0 Å². The van der Waals surface area contributed by atoms with Crippen LogP contribution in [0.15, 0.2) is 24.3 Å². The summed E-state index contributed by atoms with van der Waals surface area (Å²) in [6.45, 7) is 3.36.